The lowest BCUT2D eigenvalue weighted by molar-refractivity contribution is 0.415. The summed E-state index contributed by atoms with van der Waals surface area (Å²) >= 11 is 1.53. The van der Waals surface area contributed by atoms with Crippen molar-refractivity contribution in [2.75, 3.05) is 7.11 Å². The molecule has 29 heavy (non-hydrogen) atoms. The van der Waals surface area contributed by atoms with E-state index < -0.39 is 0 Å². The molecule has 0 amide bonds. The Balaban J connectivity index is 1.75. The van der Waals surface area contributed by atoms with Crippen LogP contribution in [0.25, 0.3) is 17.1 Å². The van der Waals surface area contributed by atoms with Gasteiger partial charge in [-0.05, 0) is 60.5 Å². The molecule has 0 aliphatic rings. The van der Waals surface area contributed by atoms with E-state index in [1.807, 2.05) is 42.5 Å². The normalized spacial score (nSPS) is 10.9. The third-order valence-electron chi connectivity index (χ3n) is 4.59. The van der Waals surface area contributed by atoms with Gasteiger partial charge in [0.2, 0.25) is 0 Å². The van der Waals surface area contributed by atoms with Gasteiger partial charge < -0.3 is 4.74 Å². The van der Waals surface area contributed by atoms with Crippen molar-refractivity contribution in [2.24, 2.45) is 0 Å². The summed E-state index contributed by atoms with van der Waals surface area (Å²) in [4.78, 5) is 0. The smallest absolute Gasteiger partial charge is 0.196 e. The molecule has 0 fully saturated rings. The van der Waals surface area contributed by atoms with E-state index in [4.69, 9.17) is 4.74 Å². The quantitative estimate of drug-likeness (QED) is 0.387. The van der Waals surface area contributed by atoms with Crippen molar-refractivity contribution in [3.8, 4) is 22.8 Å². The zero-order valence-electron chi connectivity index (χ0n) is 16.2. The molecule has 0 saturated carbocycles. The zero-order valence-corrected chi connectivity index (χ0v) is 17.0. The molecule has 4 rings (SSSR count). The average Bonchev–Trinajstić information content (AvgIpc) is 3.16. The Morgan fingerprint density at radius 2 is 1.76 bits per heavy atom. The van der Waals surface area contributed by atoms with Crippen molar-refractivity contribution >= 4 is 11.8 Å². The van der Waals surface area contributed by atoms with E-state index in [9.17, 15) is 4.39 Å². The van der Waals surface area contributed by atoms with E-state index in [1.54, 1.807) is 19.2 Å². The minimum atomic E-state index is -0.234. The molecule has 6 heteroatoms. The first-order valence-electron chi connectivity index (χ1n) is 9.19. The fourth-order valence-corrected chi connectivity index (χ4v) is 3.98. The molecule has 3 aromatic carbocycles. The van der Waals surface area contributed by atoms with Gasteiger partial charge in [-0.25, -0.2) is 4.39 Å². The number of thioether (sulfide) groups is 1. The number of aryl methyl sites for hydroxylation is 1. The van der Waals surface area contributed by atoms with Crippen LogP contribution < -0.4 is 4.74 Å². The van der Waals surface area contributed by atoms with Crippen molar-refractivity contribution in [2.45, 2.75) is 17.8 Å². The number of hydrogen-bond donors (Lipinski definition) is 0. The van der Waals surface area contributed by atoms with Crippen molar-refractivity contribution < 1.29 is 9.13 Å². The molecule has 1 heterocycles. The molecule has 0 bridgehead atoms. The Hall–Kier alpha value is -3.12. The molecule has 0 unspecified atom stereocenters. The summed E-state index contributed by atoms with van der Waals surface area (Å²) < 4.78 is 20.8. The van der Waals surface area contributed by atoms with Crippen LogP contribution in [-0.2, 0) is 5.75 Å². The molecule has 0 spiro atoms. The molecule has 4 nitrogen and oxygen atoms in total. The molecule has 1 aromatic heterocycles. The first kappa shape index (κ1) is 19.2. The summed E-state index contributed by atoms with van der Waals surface area (Å²) in [5.74, 6) is 1.91. The van der Waals surface area contributed by atoms with Crippen LogP contribution in [0.2, 0.25) is 0 Å². The van der Waals surface area contributed by atoms with Crippen molar-refractivity contribution in [1.82, 2.24) is 14.8 Å². The standard InChI is InChI=1S/C23H20FN3OS/c1-16-6-3-4-9-21(16)27-22(18-10-12-20(28-2)13-11-18)25-26-23(27)29-15-17-7-5-8-19(24)14-17/h3-14H,15H2,1-2H3. The van der Waals surface area contributed by atoms with Crippen molar-refractivity contribution in [3.05, 3.63) is 89.7 Å². The van der Waals surface area contributed by atoms with Crippen LogP contribution in [0, 0.1) is 12.7 Å². The Morgan fingerprint density at radius 3 is 2.48 bits per heavy atom. The molecule has 146 valence electrons. The van der Waals surface area contributed by atoms with Crippen LogP contribution in [0.3, 0.4) is 0 Å². The number of nitrogens with zero attached hydrogens (tertiary/aromatic N) is 3. The van der Waals surface area contributed by atoms with Crippen LogP contribution >= 0.6 is 11.8 Å². The number of methoxy groups -OCH3 is 1. The second-order valence-electron chi connectivity index (χ2n) is 6.58. The zero-order chi connectivity index (χ0) is 20.2. The topological polar surface area (TPSA) is 39.9 Å². The number of benzene rings is 3. The lowest BCUT2D eigenvalue weighted by atomic mass is 10.1. The summed E-state index contributed by atoms with van der Waals surface area (Å²) in [6, 6.07) is 22.5. The van der Waals surface area contributed by atoms with E-state index >= 15 is 0 Å². The predicted molar refractivity (Wildman–Crippen MR) is 114 cm³/mol. The molecule has 0 N–H and O–H groups in total. The van der Waals surface area contributed by atoms with Crippen LogP contribution in [-0.4, -0.2) is 21.9 Å². The van der Waals surface area contributed by atoms with E-state index in [-0.39, 0.29) is 5.82 Å². The summed E-state index contributed by atoms with van der Waals surface area (Å²) in [6.45, 7) is 2.06. The Kier molecular flexibility index (Phi) is 5.62. The van der Waals surface area contributed by atoms with Gasteiger partial charge in [0.1, 0.15) is 11.6 Å². The van der Waals surface area contributed by atoms with Crippen molar-refractivity contribution in [1.29, 1.82) is 0 Å². The number of hydrogen-bond acceptors (Lipinski definition) is 4. The minimum absolute atomic E-state index is 0.234. The molecular weight excluding hydrogens is 385 g/mol. The maximum absolute atomic E-state index is 13.5. The molecule has 0 aliphatic heterocycles. The Bertz CT molecular complexity index is 1130. The number of para-hydroxylation sites is 1. The summed E-state index contributed by atoms with van der Waals surface area (Å²) in [7, 11) is 1.64. The van der Waals surface area contributed by atoms with Gasteiger partial charge in [-0.3, -0.25) is 4.57 Å². The highest BCUT2D eigenvalue weighted by Gasteiger charge is 2.17. The minimum Gasteiger partial charge on any atom is -0.497 e. The number of halogens is 1. The van der Waals surface area contributed by atoms with Gasteiger partial charge in [0.25, 0.3) is 0 Å². The number of rotatable bonds is 6. The van der Waals surface area contributed by atoms with E-state index in [0.29, 0.717) is 5.75 Å². The van der Waals surface area contributed by atoms with Gasteiger partial charge in [0.15, 0.2) is 11.0 Å². The third-order valence-corrected chi connectivity index (χ3v) is 5.59. The molecule has 0 radical (unpaired) electrons. The fourth-order valence-electron chi connectivity index (χ4n) is 3.10. The van der Waals surface area contributed by atoms with Crippen molar-refractivity contribution in [3.63, 3.8) is 0 Å². The first-order valence-corrected chi connectivity index (χ1v) is 10.2. The average molecular weight is 405 g/mol. The van der Waals surface area contributed by atoms with Gasteiger partial charge in [-0.1, -0.05) is 42.1 Å². The molecular formula is C23H20FN3OS. The maximum atomic E-state index is 13.5. The Morgan fingerprint density at radius 1 is 0.966 bits per heavy atom. The highest BCUT2D eigenvalue weighted by molar-refractivity contribution is 7.98. The number of ether oxygens (including phenoxy) is 1. The highest BCUT2D eigenvalue weighted by Crippen LogP contribution is 2.31. The van der Waals surface area contributed by atoms with E-state index in [1.165, 1.54) is 17.8 Å². The van der Waals surface area contributed by atoms with Crippen LogP contribution in [0.4, 0.5) is 4.39 Å². The molecule has 0 saturated heterocycles. The van der Waals surface area contributed by atoms with Crippen LogP contribution in [0.1, 0.15) is 11.1 Å². The predicted octanol–water partition coefficient (Wildman–Crippen LogP) is 5.68. The number of aromatic nitrogens is 3. The lowest BCUT2D eigenvalue weighted by Crippen LogP contribution is -2.02. The van der Waals surface area contributed by atoms with Crippen LogP contribution in [0.5, 0.6) is 5.75 Å². The SMILES string of the molecule is COc1ccc(-c2nnc(SCc3cccc(F)c3)n2-c2ccccc2C)cc1. The first-order chi connectivity index (χ1) is 14.2. The lowest BCUT2D eigenvalue weighted by Gasteiger charge is -2.13. The molecule has 0 aliphatic carbocycles. The fraction of sp³-hybridized carbons (Fsp3) is 0.130. The van der Waals surface area contributed by atoms with Gasteiger partial charge >= 0.3 is 0 Å². The van der Waals surface area contributed by atoms with Gasteiger partial charge in [-0.15, -0.1) is 10.2 Å². The largest absolute Gasteiger partial charge is 0.497 e. The van der Waals surface area contributed by atoms with E-state index in [0.717, 1.165) is 39.1 Å². The highest BCUT2D eigenvalue weighted by atomic mass is 32.2. The van der Waals surface area contributed by atoms with Gasteiger partial charge in [-0.2, -0.15) is 0 Å². The summed E-state index contributed by atoms with van der Waals surface area (Å²) in [5.41, 5.74) is 3.99. The van der Waals surface area contributed by atoms with Gasteiger partial charge in [0.05, 0.1) is 12.8 Å². The summed E-state index contributed by atoms with van der Waals surface area (Å²) in [6.07, 6.45) is 0. The van der Waals surface area contributed by atoms with E-state index in [2.05, 4.69) is 33.8 Å². The summed E-state index contributed by atoms with van der Waals surface area (Å²) in [5, 5.41) is 9.67. The maximum Gasteiger partial charge on any atom is 0.196 e. The molecule has 4 aromatic rings. The second kappa shape index (κ2) is 8.49. The Labute approximate surface area is 173 Å². The molecule has 0 atom stereocenters. The van der Waals surface area contributed by atoms with Crippen LogP contribution in [0.15, 0.2) is 78.0 Å². The monoisotopic (exact) mass is 405 g/mol. The third kappa shape index (κ3) is 4.17. The second-order valence-corrected chi connectivity index (χ2v) is 7.52. The van der Waals surface area contributed by atoms with Gasteiger partial charge in [0, 0.05) is 11.3 Å².